The molecule has 56 heavy (non-hydrogen) atoms. The molecule has 11 unspecified atom stereocenters. The van der Waals surface area contributed by atoms with E-state index in [1.807, 2.05) is 0 Å². The number of ether oxygens (including phenoxy) is 6. The van der Waals surface area contributed by atoms with Gasteiger partial charge in [-0.3, -0.25) is 24.0 Å². The molecular weight excluding hydrogens is 732 g/mol. The molecule has 314 valence electrons. The lowest BCUT2D eigenvalue weighted by Crippen LogP contribution is -2.62. The van der Waals surface area contributed by atoms with E-state index in [-0.39, 0.29) is 62.1 Å². The second-order valence-electron chi connectivity index (χ2n) is 17.0. The fourth-order valence-electron chi connectivity index (χ4n) is 8.22. The number of rotatable bonds is 5. The maximum Gasteiger partial charge on any atom is 0.308 e. The van der Waals surface area contributed by atoms with Crippen molar-refractivity contribution in [2.24, 2.45) is 10.8 Å². The summed E-state index contributed by atoms with van der Waals surface area (Å²) in [5, 5.41) is 46.8. The summed E-state index contributed by atoms with van der Waals surface area (Å²) in [6, 6.07) is 0. The maximum atomic E-state index is 13.3. The van der Waals surface area contributed by atoms with Gasteiger partial charge in [-0.2, -0.15) is 0 Å². The van der Waals surface area contributed by atoms with Gasteiger partial charge in [0.15, 0.2) is 23.5 Å². The van der Waals surface area contributed by atoms with Crippen LogP contribution in [0.5, 0.6) is 0 Å². The molecule has 4 aliphatic heterocycles. The standard InChI is InChI=1S/C41H60O15/c1-22(42)12-27-14-30-10-11-38(6,7)41(50)37(52-26(5)46)28(13-23(2)43)16-31(56-41)19-34(24(3)44)54-36(48)18-29(47)17-32-20-35(51-25(4)45)39(8,9)40(49,55-32)21-33(15-27)53-30/h10-13,24,29-35,37,44,47,49-50H,14-21H2,1-9H3/b11-10+,27-12+,28-13+. The van der Waals surface area contributed by atoms with Crippen LogP contribution >= 0.6 is 0 Å². The molecule has 15 nitrogen and oxygen atoms in total. The van der Waals surface area contributed by atoms with Gasteiger partial charge in [0.1, 0.15) is 12.2 Å². The first-order valence-corrected chi connectivity index (χ1v) is 19.3. The van der Waals surface area contributed by atoms with Crippen molar-refractivity contribution in [1.82, 2.24) is 0 Å². The maximum absolute atomic E-state index is 13.3. The molecule has 11 atom stereocenters. The number of allylic oxidation sites excluding steroid dienone is 2. The van der Waals surface area contributed by atoms with E-state index in [1.165, 1.54) is 39.8 Å². The highest BCUT2D eigenvalue weighted by atomic mass is 16.7. The molecule has 0 radical (unpaired) electrons. The van der Waals surface area contributed by atoms with E-state index in [1.54, 1.807) is 39.8 Å². The minimum atomic E-state index is -2.33. The molecule has 0 aromatic carbocycles. The predicted molar refractivity (Wildman–Crippen MR) is 198 cm³/mol. The number of esters is 3. The van der Waals surface area contributed by atoms with Crippen molar-refractivity contribution < 1.29 is 72.8 Å². The van der Waals surface area contributed by atoms with Crippen LogP contribution in [0.3, 0.4) is 0 Å². The van der Waals surface area contributed by atoms with Gasteiger partial charge in [-0.25, -0.2) is 0 Å². The summed E-state index contributed by atoms with van der Waals surface area (Å²) in [6.45, 7) is 13.2. The first-order valence-electron chi connectivity index (χ1n) is 19.3. The molecule has 4 heterocycles. The van der Waals surface area contributed by atoms with E-state index in [9.17, 15) is 44.4 Å². The number of hydrogen-bond acceptors (Lipinski definition) is 15. The molecule has 0 saturated carbocycles. The van der Waals surface area contributed by atoms with Crippen molar-refractivity contribution in [3.8, 4) is 0 Å². The number of aliphatic hydroxyl groups is 4. The highest BCUT2D eigenvalue weighted by Crippen LogP contribution is 2.50. The van der Waals surface area contributed by atoms with Crippen molar-refractivity contribution >= 4 is 29.5 Å². The highest BCUT2D eigenvalue weighted by molar-refractivity contribution is 5.88. The Morgan fingerprint density at radius 3 is 2.07 bits per heavy atom. The predicted octanol–water partition coefficient (Wildman–Crippen LogP) is 3.22. The van der Waals surface area contributed by atoms with Crippen LogP contribution in [0.15, 0.2) is 35.5 Å². The van der Waals surface area contributed by atoms with Crippen LogP contribution in [0.1, 0.15) is 114 Å². The normalized spacial score (nSPS) is 39.1. The Hall–Kier alpha value is -3.31. The molecule has 4 aliphatic rings. The summed E-state index contributed by atoms with van der Waals surface area (Å²) >= 11 is 0. The van der Waals surface area contributed by atoms with E-state index in [2.05, 4.69) is 0 Å². The topological polar surface area (TPSA) is 222 Å². The summed E-state index contributed by atoms with van der Waals surface area (Å²) in [6.07, 6.45) is -3.67. The lowest BCUT2D eigenvalue weighted by molar-refractivity contribution is -0.348. The molecule has 0 spiro atoms. The quantitative estimate of drug-likeness (QED) is 0.136. The Morgan fingerprint density at radius 2 is 1.48 bits per heavy atom. The van der Waals surface area contributed by atoms with E-state index in [4.69, 9.17) is 28.4 Å². The van der Waals surface area contributed by atoms with Crippen LogP contribution < -0.4 is 0 Å². The molecule has 3 saturated heterocycles. The number of fused-ring (bicyclic) bond motifs is 6. The van der Waals surface area contributed by atoms with E-state index >= 15 is 0 Å². The molecular formula is C41H60O15. The second kappa shape index (κ2) is 17.7. The minimum absolute atomic E-state index is 0.0303. The minimum Gasteiger partial charge on any atom is -0.462 e. The zero-order chi connectivity index (χ0) is 42.0. The largest absolute Gasteiger partial charge is 0.462 e. The fourth-order valence-corrected chi connectivity index (χ4v) is 8.22. The Balaban J connectivity index is 1.86. The van der Waals surface area contributed by atoms with Gasteiger partial charge in [0.05, 0.1) is 48.5 Å². The van der Waals surface area contributed by atoms with Gasteiger partial charge in [0.25, 0.3) is 0 Å². The van der Waals surface area contributed by atoms with Crippen molar-refractivity contribution in [2.75, 3.05) is 0 Å². The molecule has 15 heteroatoms. The summed E-state index contributed by atoms with van der Waals surface area (Å²) in [7, 11) is 0. The van der Waals surface area contributed by atoms with Crippen molar-refractivity contribution in [3.05, 3.63) is 35.5 Å². The van der Waals surface area contributed by atoms with Gasteiger partial charge >= 0.3 is 17.9 Å². The fraction of sp³-hybridized carbons (Fsp3) is 0.732. The van der Waals surface area contributed by atoms with Gasteiger partial charge in [-0.05, 0) is 57.8 Å². The van der Waals surface area contributed by atoms with Gasteiger partial charge < -0.3 is 48.8 Å². The molecule has 6 bridgehead atoms. The lowest BCUT2D eigenvalue weighted by Gasteiger charge is -2.53. The zero-order valence-corrected chi connectivity index (χ0v) is 33.9. The van der Waals surface area contributed by atoms with Crippen LogP contribution in [0.25, 0.3) is 0 Å². The summed E-state index contributed by atoms with van der Waals surface area (Å²) in [4.78, 5) is 62.8. The van der Waals surface area contributed by atoms with Gasteiger partial charge in [-0.15, -0.1) is 0 Å². The van der Waals surface area contributed by atoms with E-state index < -0.39 is 102 Å². The first kappa shape index (κ1) is 45.4. The number of hydrogen-bond donors (Lipinski definition) is 4. The third-order valence-electron chi connectivity index (χ3n) is 11.3. The van der Waals surface area contributed by atoms with Crippen molar-refractivity contribution in [3.63, 3.8) is 0 Å². The molecule has 0 aromatic heterocycles. The Labute approximate surface area is 328 Å². The lowest BCUT2D eigenvalue weighted by atomic mass is 9.70. The molecule has 0 aliphatic carbocycles. The number of ketones is 2. The van der Waals surface area contributed by atoms with Gasteiger partial charge in [-0.1, -0.05) is 45.4 Å². The third kappa shape index (κ3) is 10.8. The summed E-state index contributed by atoms with van der Waals surface area (Å²) in [5.41, 5.74) is -1.63. The average molecular weight is 793 g/mol. The highest BCUT2D eigenvalue weighted by Gasteiger charge is 2.59. The number of carbonyl (C=O) groups excluding carboxylic acids is 5. The van der Waals surface area contributed by atoms with Gasteiger partial charge in [0.2, 0.25) is 5.79 Å². The first-order chi connectivity index (χ1) is 25.8. The Morgan fingerprint density at radius 1 is 0.839 bits per heavy atom. The summed E-state index contributed by atoms with van der Waals surface area (Å²) in [5.74, 6) is -7.09. The molecule has 3 fully saturated rings. The van der Waals surface area contributed by atoms with Crippen LogP contribution in [0.2, 0.25) is 0 Å². The van der Waals surface area contributed by atoms with Crippen LogP contribution in [-0.4, -0.2) is 116 Å². The molecule has 0 aromatic rings. The van der Waals surface area contributed by atoms with Crippen molar-refractivity contribution in [1.29, 1.82) is 0 Å². The van der Waals surface area contributed by atoms with E-state index in [0.717, 1.165) is 12.5 Å². The van der Waals surface area contributed by atoms with Crippen LogP contribution in [0, 0.1) is 10.8 Å². The smallest absolute Gasteiger partial charge is 0.308 e. The number of carbonyl (C=O) groups is 5. The average Bonchev–Trinajstić information content (AvgIpc) is 3.02. The number of aliphatic hydroxyl groups excluding tert-OH is 2. The number of cyclic esters (lactones) is 1. The third-order valence-corrected chi connectivity index (χ3v) is 11.3. The Kier molecular flexibility index (Phi) is 14.3. The van der Waals surface area contributed by atoms with Crippen LogP contribution in [0.4, 0.5) is 0 Å². The van der Waals surface area contributed by atoms with Gasteiger partial charge in [0, 0.05) is 44.9 Å². The molecule has 0 amide bonds. The SMILES string of the molecule is CC(=O)/C=C1\CC2/C=C/C(C)(C)C3(O)OC(C/C(=C\C(C)=O)C3OC(C)=O)CC(C(C)O)OC(=O)CC(O)CC3CC(OC(C)=O)C(C)(C)C(O)(CC(C1)O2)O3. The zero-order valence-electron chi connectivity index (χ0n) is 33.9. The summed E-state index contributed by atoms with van der Waals surface area (Å²) < 4.78 is 36.3. The molecule has 4 N–H and O–H groups in total. The molecule has 4 rings (SSSR count). The monoisotopic (exact) mass is 792 g/mol. The van der Waals surface area contributed by atoms with Crippen molar-refractivity contribution in [2.45, 2.75) is 180 Å². The van der Waals surface area contributed by atoms with E-state index in [0.29, 0.717) is 0 Å². The Bertz CT molecular complexity index is 1590. The second-order valence-corrected chi connectivity index (χ2v) is 17.0. The van der Waals surface area contributed by atoms with Crippen LogP contribution in [-0.2, 0) is 52.4 Å².